The van der Waals surface area contributed by atoms with Crippen LogP contribution < -0.4 is 0 Å². The summed E-state index contributed by atoms with van der Waals surface area (Å²) in [7, 11) is 1.90. The Bertz CT molecular complexity index is 911. The van der Waals surface area contributed by atoms with Crippen LogP contribution in [0.5, 0.6) is 0 Å². The number of nitrogens with zero attached hydrogens (tertiary/aromatic N) is 4. The average molecular weight is 373 g/mol. The van der Waals surface area contributed by atoms with Gasteiger partial charge in [-0.1, -0.05) is 28.9 Å². The van der Waals surface area contributed by atoms with Crippen molar-refractivity contribution in [3.63, 3.8) is 0 Å². The second-order valence-electron chi connectivity index (χ2n) is 5.96. The molecular formula is C18H17ClN4O3. The maximum atomic E-state index is 10.9. The second kappa shape index (κ2) is 7.63. The van der Waals surface area contributed by atoms with Crippen molar-refractivity contribution in [2.24, 2.45) is 0 Å². The summed E-state index contributed by atoms with van der Waals surface area (Å²) in [5.74, 6) is 0.961. The van der Waals surface area contributed by atoms with E-state index in [1.807, 2.05) is 37.1 Å². The van der Waals surface area contributed by atoms with Crippen molar-refractivity contribution in [2.75, 3.05) is 7.05 Å². The number of benzene rings is 2. The molecule has 3 rings (SSSR count). The van der Waals surface area contributed by atoms with Gasteiger partial charge in [-0.2, -0.15) is 4.98 Å². The van der Waals surface area contributed by atoms with E-state index in [1.165, 1.54) is 6.07 Å². The van der Waals surface area contributed by atoms with Crippen molar-refractivity contribution in [3.05, 3.63) is 75.1 Å². The lowest BCUT2D eigenvalue weighted by atomic mass is 10.1. The molecule has 0 N–H and O–H groups in total. The molecular weight excluding hydrogens is 356 g/mol. The van der Waals surface area contributed by atoms with E-state index in [-0.39, 0.29) is 11.7 Å². The minimum atomic E-state index is -0.396. The third-order valence-corrected chi connectivity index (χ3v) is 4.43. The number of hydrogen-bond donors (Lipinski definition) is 0. The van der Waals surface area contributed by atoms with Gasteiger partial charge < -0.3 is 4.52 Å². The van der Waals surface area contributed by atoms with Crippen molar-refractivity contribution in [3.8, 4) is 11.4 Å². The fraction of sp³-hybridized carbons (Fsp3) is 0.222. The van der Waals surface area contributed by atoms with Gasteiger partial charge in [0, 0.05) is 28.8 Å². The zero-order valence-corrected chi connectivity index (χ0v) is 15.1. The van der Waals surface area contributed by atoms with E-state index in [9.17, 15) is 10.1 Å². The number of non-ortho nitro benzene ring substituents is 1. The SMILES string of the molecule is CC(c1cccc([N+](=O)[O-])c1)N(C)Cc1nc(-c2ccc(Cl)cc2)no1. The highest BCUT2D eigenvalue weighted by molar-refractivity contribution is 6.30. The molecule has 0 aliphatic rings. The van der Waals surface area contributed by atoms with E-state index in [0.717, 1.165) is 11.1 Å². The van der Waals surface area contributed by atoms with Crippen molar-refractivity contribution in [1.82, 2.24) is 15.0 Å². The predicted octanol–water partition coefficient (Wildman–Crippen LogP) is 4.49. The molecule has 0 saturated heterocycles. The van der Waals surface area contributed by atoms with E-state index in [2.05, 4.69) is 10.1 Å². The number of aromatic nitrogens is 2. The quantitative estimate of drug-likeness (QED) is 0.468. The van der Waals surface area contributed by atoms with Crippen LogP contribution in [-0.4, -0.2) is 27.0 Å². The van der Waals surface area contributed by atoms with Crippen LogP contribution in [0, 0.1) is 10.1 Å². The van der Waals surface area contributed by atoms with Crippen LogP contribution in [0.15, 0.2) is 53.1 Å². The maximum absolute atomic E-state index is 10.9. The smallest absolute Gasteiger partial charge is 0.269 e. The Hall–Kier alpha value is -2.77. The first kappa shape index (κ1) is 18.0. The molecule has 7 nitrogen and oxygen atoms in total. The van der Waals surface area contributed by atoms with Gasteiger partial charge >= 0.3 is 0 Å². The number of rotatable bonds is 6. The monoisotopic (exact) mass is 372 g/mol. The lowest BCUT2D eigenvalue weighted by molar-refractivity contribution is -0.384. The fourth-order valence-corrected chi connectivity index (χ4v) is 2.66. The summed E-state index contributed by atoms with van der Waals surface area (Å²) in [5, 5.41) is 15.6. The molecule has 1 atom stereocenters. The third kappa shape index (κ3) is 4.07. The van der Waals surface area contributed by atoms with Crippen molar-refractivity contribution < 1.29 is 9.45 Å². The minimum Gasteiger partial charge on any atom is -0.338 e. The number of hydrogen-bond acceptors (Lipinski definition) is 6. The molecule has 26 heavy (non-hydrogen) atoms. The molecule has 3 aromatic rings. The molecule has 0 spiro atoms. The van der Waals surface area contributed by atoms with Crippen LogP contribution in [0.4, 0.5) is 5.69 Å². The van der Waals surface area contributed by atoms with Gasteiger partial charge in [0.15, 0.2) is 0 Å². The highest BCUT2D eigenvalue weighted by atomic mass is 35.5. The highest BCUT2D eigenvalue weighted by Crippen LogP contribution is 2.25. The Kier molecular flexibility index (Phi) is 5.29. The van der Waals surface area contributed by atoms with Crippen molar-refractivity contribution in [1.29, 1.82) is 0 Å². The number of nitro groups is 1. The fourth-order valence-electron chi connectivity index (χ4n) is 2.54. The Morgan fingerprint density at radius 1 is 1.27 bits per heavy atom. The van der Waals surface area contributed by atoms with Gasteiger partial charge in [-0.05, 0) is 43.8 Å². The zero-order chi connectivity index (χ0) is 18.7. The molecule has 1 aromatic heterocycles. The molecule has 0 fully saturated rings. The molecule has 0 radical (unpaired) electrons. The molecule has 1 heterocycles. The molecule has 0 amide bonds. The summed E-state index contributed by atoms with van der Waals surface area (Å²) in [6.07, 6.45) is 0. The topological polar surface area (TPSA) is 85.3 Å². The summed E-state index contributed by atoms with van der Waals surface area (Å²) in [5.41, 5.74) is 1.74. The number of halogens is 1. The van der Waals surface area contributed by atoms with Crippen molar-refractivity contribution in [2.45, 2.75) is 19.5 Å². The molecule has 0 aliphatic heterocycles. The van der Waals surface area contributed by atoms with Gasteiger partial charge in [0.05, 0.1) is 11.5 Å². The van der Waals surface area contributed by atoms with Gasteiger partial charge in [-0.3, -0.25) is 15.0 Å². The van der Waals surface area contributed by atoms with Crippen LogP contribution in [0.1, 0.15) is 24.4 Å². The van der Waals surface area contributed by atoms with Gasteiger partial charge in [0.2, 0.25) is 11.7 Å². The van der Waals surface area contributed by atoms with E-state index in [0.29, 0.717) is 23.3 Å². The maximum Gasteiger partial charge on any atom is 0.269 e. The van der Waals surface area contributed by atoms with Gasteiger partial charge in [-0.25, -0.2) is 0 Å². The summed E-state index contributed by atoms with van der Waals surface area (Å²) < 4.78 is 5.32. The average Bonchev–Trinajstić information content (AvgIpc) is 3.10. The van der Waals surface area contributed by atoms with E-state index in [1.54, 1.807) is 24.3 Å². The van der Waals surface area contributed by atoms with E-state index in [4.69, 9.17) is 16.1 Å². The van der Waals surface area contributed by atoms with Crippen LogP contribution in [0.25, 0.3) is 11.4 Å². The lowest BCUT2D eigenvalue weighted by Gasteiger charge is -2.23. The molecule has 0 bridgehead atoms. The van der Waals surface area contributed by atoms with Crippen molar-refractivity contribution >= 4 is 17.3 Å². The van der Waals surface area contributed by atoms with Gasteiger partial charge in [0.25, 0.3) is 5.69 Å². The second-order valence-corrected chi connectivity index (χ2v) is 6.40. The summed E-state index contributed by atoms with van der Waals surface area (Å²) in [4.78, 5) is 16.9. The number of nitro benzene ring substituents is 1. The Morgan fingerprint density at radius 2 is 2.00 bits per heavy atom. The first-order chi connectivity index (χ1) is 12.4. The first-order valence-electron chi connectivity index (χ1n) is 7.97. The molecule has 8 heteroatoms. The van der Waals surface area contributed by atoms with Gasteiger partial charge in [-0.15, -0.1) is 0 Å². The molecule has 2 aromatic carbocycles. The van der Waals surface area contributed by atoms with Crippen LogP contribution >= 0.6 is 11.6 Å². The van der Waals surface area contributed by atoms with Crippen LogP contribution in [0.3, 0.4) is 0 Å². The Balaban J connectivity index is 1.71. The van der Waals surface area contributed by atoms with Crippen LogP contribution in [0.2, 0.25) is 5.02 Å². The zero-order valence-electron chi connectivity index (χ0n) is 14.3. The minimum absolute atomic E-state index is 0.0548. The normalized spacial score (nSPS) is 12.3. The third-order valence-electron chi connectivity index (χ3n) is 4.18. The van der Waals surface area contributed by atoms with Gasteiger partial charge in [0.1, 0.15) is 0 Å². The summed E-state index contributed by atoms with van der Waals surface area (Å²) >= 11 is 5.88. The first-order valence-corrected chi connectivity index (χ1v) is 8.35. The van der Waals surface area contributed by atoms with E-state index >= 15 is 0 Å². The summed E-state index contributed by atoms with van der Waals surface area (Å²) in [6.45, 7) is 2.39. The summed E-state index contributed by atoms with van der Waals surface area (Å²) in [6, 6.07) is 13.7. The lowest BCUT2D eigenvalue weighted by Crippen LogP contribution is -2.22. The molecule has 1 unspecified atom stereocenters. The molecule has 134 valence electrons. The largest absolute Gasteiger partial charge is 0.338 e. The Labute approximate surface area is 155 Å². The van der Waals surface area contributed by atoms with Crippen LogP contribution in [-0.2, 0) is 6.54 Å². The predicted molar refractivity (Wildman–Crippen MR) is 97.7 cm³/mol. The molecule has 0 aliphatic carbocycles. The molecule has 0 saturated carbocycles. The highest BCUT2D eigenvalue weighted by Gasteiger charge is 2.18. The standard InChI is InChI=1S/C18H17ClN4O3/c1-12(14-4-3-5-16(10-14)23(24)25)22(2)11-17-20-18(21-26-17)13-6-8-15(19)9-7-13/h3-10,12H,11H2,1-2H3. The Morgan fingerprint density at radius 3 is 2.69 bits per heavy atom. The van der Waals surface area contributed by atoms with E-state index < -0.39 is 4.92 Å².